The summed E-state index contributed by atoms with van der Waals surface area (Å²) in [4.78, 5) is 0. The van der Waals surface area contributed by atoms with Crippen LogP contribution >= 0.6 is 0 Å². The van der Waals surface area contributed by atoms with Gasteiger partial charge in [-0.2, -0.15) is 0 Å². The number of benzene rings is 1. The van der Waals surface area contributed by atoms with E-state index < -0.39 is 0 Å². The van der Waals surface area contributed by atoms with Crippen molar-refractivity contribution in [1.82, 2.24) is 5.32 Å². The lowest BCUT2D eigenvalue weighted by Gasteiger charge is -2.18. The summed E-state index contributed by atoms with van der Waals surface area (Å²) in [6.45, 7) is 7.02. The summed E-state index contributed by atoms with van der Waals surface area (Å²) in [5.74, 6) is 0. The van der Waals surface area contributed by atoms with Crippen molar-refractivity contribution in [2.75, 3.05) is 6.61 Å². The Labute approximate surface area is 97.3 Å². The van der Waals surface area contributed by atoms with E-state index in [9.17, 15) is 0 Å². The maximum absolute atomic E-state index is 5.66. The van der Waals surface area contributed by atoms with Crippen molar-refractivity contribution < 1.29 is 4.74 Å². The minimum Gasteiger partial charge on any atom is -0.359 e. The van der Waals surface area contributed by atoms with Gasteiger partial charge in [0.05, 0.1) is 12.6 Å². The SMILES string of the molecule is CC(=Cc1ccccc1)C1COC(C)(C)N1. The molecule has 1 aromatic rings. The van der Waals surface area contributed by atoms with E-state index in [1.165, 1.54) is 11.1 Å². The monoisotopic (exact) mass is 217 g/mol. The number of rotatable bonds is 2. The van der Waals surface area contributed by atoms with Crippen LogP contribution in [0.3, 0.4) is 0 Å². The Morgan fingerprint density at radius 3 is 2.62 bits per heavy atom. The van der Waals surface area contributed by atoms with E-state index in [0.29, 0.717) is 6.04 Å². The molecular weight excluding hydrogens is 198 g/mol. The Kier molecular flexibility index (Phi) is 3.13. The molecule has 0 radical (unpaired) electrons. The molecule has 1 atom stereocenters. The zero-order valence-electron chi connectivity index (χ0n) is 10.2. The lowest BCUT2D eigenvalue weighted by Crippen LogP contribution is -2.38. The molecule has 0 spiro atoms. The summed E-state index contributed by atoms with van der Waals surface area (Å²) < 4.78 is 5.66. The Morgan fingerprint density at radius 2 is 2.06 bits per heavy atom. The first-order valence-corrected chi connectivity index (χ1v) is 5.72. The zero-order chi connectivity index (χ0) is 11.6. The van der Waals surface area contributed by atoms with Crippen molar-refractivity contribution in [3.8, 4) is 0 Å². The highest BCUT2D eigenvalue weighted by atomic mass is 16.5. The maximum atomic E-state index is 5.66. The molecule has 0 aromatic heterocycles. The molecule has 0 saturated carbocycles. The fraction of sp³-hybridized carbons (Fsp3) is 0.429. The highest BCUT2D eigenvalue weighted by Gasteiger charge is 2.31. The molecule has 0 amide bonds. The molecule has 86 valence electrons. The first kappa shape index (κ1) is 11.4. The summed E-state index contributed by atoms with van der Waals surface area (Å²) in [7, 11) is 0. The van der Waals surface area contributed by atoms with Crippen LogP contribution in [0.1, 0.15) is 26.3 Å². The average Bonchev–Trinajstić information content (AvgIpc) is 2.60. The van der Waals surface area contributed by atoms with Gasteiger partial charge in [-0.05, 0) is 26.3 Å². The predicted molar refractivity (Wildman–Crippen MR) is 67.0 cm³/mol. The minimum atomic E-state index is -0.198. The molecule has 1 N–H and O–H groups in total. The number of hydrogen-bond acceptors (Lipinski definition) is 2. The van der Waals surface area contributed by atoms with Gasteiger partial charge in [-0.15, -0.1) is 0 Å². The highest BCUT2D eigenvalue weighted by molar-refractivity contribution is 5.53. The number of nitrogens with one attached hydrogen (secondary N) is 1. The second kappa shape index (κ2) is 4.40. The van der Waals surface area contributed by atoms with Crippen LogP contribution in [0, 0.1) is 0 Å². The van der Waals surface area contributed by atoms with Crippen LogP contribution in [0.5, 0.6) is 0 Å². The molecule has 0 aliphatic carbocycles. The first-order valence-electron chi connectivity index (χ1n) is 5.72. The van der Waals surface area contributed by atoms with Crippen molar-refractivity contribution >= 4 is 6.08 Å². The summed E-state index contributed by atoms with van der Waals surface area (Å²) >= 11 is 0. The number of hydrogen-bond donors (Lipinski definition) is 1. The molecule has 1 saturated heterocycles. The van der Waals surface area contributed by atoms with Crippen LogP contribution in [0.2, 0.25) is 0 Å². The van der Waals surface area contributed by atoms with Crippen LogP contribution in [0.25, 0.3) is 6.08 Å². The van der Waals surface area contributed by atoms with Gasteiger partial charge < -0.3 is 4.74 Å². The van der Waals surface area contributed by atoms with Crippen molar-refractivity contribution in [3.05, 3.63) is 41.5 Å². The molecule has 1 aromatic carbocycles. The number of ether oxygens (including phenoxy) is 1. The first-order chi connectivity index (χ1) is 7.57. The van der Waals surface area contributed by atoms with E-state index in [1.807, 2.05) is 6.07 Å². The van der Waals surface area contributed by atoms with E-state index in [2.05, 4.69) is 56.4 Å². The lowest BCUT2D eigenvalue weighted by atomic mass is 10.1. The Morgan fingerprint density at radius 1 is 1.38 bits per heavy atom. The van der Waals surface area contributed by atoms with Crippen LogP contribution in [0.15, 0.2) is 35.9 Å². The smallest absolute Gasteiger partial charge is 0.114 e. The molecule has 2 nitrogen and oxygen atoms in total. The fourth-order valence-corrected chi connectivity index (χ4v) is 1.95. The van der Waals surface area contributed by atoms with E-state index in [-0.39, 0.29) is 5.72 Å². The average molecular weight is 217 g/mol. The summed E-state index contributed by atoms with van der Waals surface area (Å²) in [6, 6.07) is 10.7. The van der Waals surface area contributed by atoms with E-state index >= 15 is 0 Å². The van der Waals surface area contributed by atoms with Crippen LogP contribution in [-0.2, 0) is 4.74 Å². The second-order valence-electron chi connectivity index (χ2n) is 4.82. The third-order valence-electron chi connectivity index (χ3n) is 2.88. The standard InChI is InChI=1S/C14H19NO/c1-11(9-12-7-5-4-6-8-12)13-10-16-14(2,3)15-13/h4-9,13,15H,10H2,1-3H3. The second-order valence-corrected chi connectivity index (χ2v) is 4.82. The van der Waals surface area contributed by atoms with E-state index in [1.54, 1.807) is 0 Å². The molecule has 0 bridgehead atoms. The molecule has 2 rings (SSSR count). The lowest BCUT2D eigenvalue weighted by molar-refractivity contribution is 0.0232. The van der Waals surface area contributed by atoms with Gasteiger partial charge in [-0.1, -0.05) is 42.0 Å². The van der Waals surface area contributed by atoms with Gasteiger partial charge in [0, 0.05) is 0 Å². The maximum Gasteiger partial charge on any atom is 0.114 e. The van der Waals surface area contributed by atoms with Crippen LogP contribution < -0.4 is 5.32 Å². The highest BCUT2D eigenvalue weighted by Crippen LogP contribution is 2.20. The molecule has 1 aliphatic rings. The van der Waals surface area contributed by atoms with Crippen molar-refractivity contribution in [2.24, 2.45) is 0 Å². The van der Waals surface area contributed by atoms with Gasteiger partial charge in [-0.25, -0.2) is 0 Å². The Balaban J connectivity index is 2.09. The summed E-state index contributed by atoms with van der Waals surface area (Å²) in [5, 5.41) is 3.46. The van der Waals surface area contributed by atoms with E-state index in [4.69, 9.17) is 4.74 Å². The molecular formula is C14H19NO. The van der Waals surface area contributed by atoms with Crippen molar-refractivity contribution in [3.63, 3.8) is 0 Å². The fourth-order valence-electron chi connectivity index (χ4n) is 1.95. The minimum absolute atomic E-state index is 0.198. The molecule has 16 heavy (non-hydrogen) atoms. The molecule has 1 fully saturated rings. The summed E-state index contributed by atoms with van der Waals surface area (Å²) in [6.07, 6.45) is 2.21. The normalized spacial score (nSPS) is 24.7. The largest absolute Gasteiger partial charge is 0.359 e. The van der Waals surface area contributed by atoms with Gasteiger partial charge >= 0.3 is 0 Å². The Bertz CT molecular complexity index is 381. The zero-order valence-corrected chi connectivity index (χ0v) is 10.2. The van der Waals surface area contributed by atoms with E-state index in [0.717, 1.165) is 6.61 Å². The molecule has 1 unspecified atom stereocenters. The van der Waals surface area contributed by atoms with Crippen LogP contribution in [-0.4, -0.2) is 18.4 Å². The van der Waals surface area contributed by atoms with Gasteiger partial charge in [0.1, 0.15) is 5.72 Å². The Hall–Kier alpha value is -1.12. The van der Waals surface area contributed by atoms with Gasteiger partial charge in [0.25, 0.3) is 0 Å². The van der Waals surface area contributed by atoms with Gasteiger partial charge in [-0.3, -0.25) is 5.32 Å². The third-order valence-corrected chi connectivity index (χ3v) is 2.88. The molecule has 2 heteroatoms. The quantitative estimate of drug-likeness (QED) is 0.822. The predicted octanol–water partition coefficient (Wildman–Crippen LogP) is 2.81. The topological polar surface area (TPSA) is 21.3 Å². The third kappa shape index (κ3) is 2.71. The van der Waals surface area contributed by atoms with Crippen molar-refractivity contribution in [1.29, 1.82) is 0 Å². The molecule has 1 heterocycles. The molecule has 1 aliphatic heterocycles. The van der Waals surface area contributed by atoms with Crippen LogP contribution in [0.4, 0.5) is 0 Å². The van der Waals surface area contributed by atoms with Gasteiger partial charge in [0.15, 0.2) is 0 Å². The summed E-state index contributed by atoms with van der Waals surface area (Å²) in [5.41, 5.74) is 2.36. The van der Waals surface area contributed by atoms with Gasteiger partial charge in [0.2, 0.25) is 0 Å². The van der Waals surface area contributed by atoms with Crippen molar-refractivity contribution in [2.45, 2.75) is 32.5 Å².